The molecule has 0 aliphatic heterocycles. The SMILES string of the molecule is CCCCOCCn1c(=S)[nH]c(=O)c2[nH]ccc21. The van der Waals surface area contributed by atoms with Gasteiger partial charge in [0, 0.05) is 19.3 Å². The Hall–Kier alpha value is -1.40. The van der Waals surface area contributed by atoms with Crippen molar-refractivity contribution >= 4 is 23.3 Å². The van der Waals surface area contributed by atoms with Crippen molar-refractivity contribution in [3.8, 4) is 0 Å². The topological polar surface area (TPSA) is 62.8 Å². The maximum atomic E-state index is 11.6. The van der Waals surface area contributed by atoms with Crippen molar-refractivity contribution in [3.05, 3.63) is 27.4 Å². The van der Waals surface area contributed by atoms with Crippen molar-refractivity contribution in [2.45, 2.75) is 26.3 Å². The third-order valence-electron chi connectivity index (χ3n) is 2.81. The molecule has 2 heterocycles. The van der Waals surface area contributed by atoms with Crippen LogP contribution in [0.3, 0.4) is 0 Å². The summed E-state index contributed by atoms with van der Waals surface area (Å²) in [5.74, 6) is 0. The largest absolute Gasteiger partial charge is 0.380 e. The van der Waals surface area contributed by atoms with E-state index in [-0.39, 0.29) is 5.56 Å². The van der Waals surface area contributed by atoms with Gasteiger partial charge in [0.1, 0.15) is 5.52 Å². The second-order valence-electron chi connectivity index (χ2n) is 4.11. The monoisotopic (exact) mass is 267 g/mol. The minimum atomic E-state index is -0.178. The van der Waals surface area contributed by atoms with Gasteiger partial charge in [0.05, 0.1) is 12.1 Å². The summed E-state index contributed by atoms with van der Waals surface area (Å²) in [5, 5.41) is 0. The number of aromatic nitrogens is 3. The van der Waals surface area contributed by atoms with Crippen molar-refractivity contribution in [1.82, 2.24) is 14.5 Å². The number of H-pyrrole nitrogens is 2. The summed E-state index contributed by atoms with van der Waals surface area (Å²) in [6.45, 7) is 4.14. The fourth-order valence-corrected chi connectivity index (χ4v) is 2.11. The average molecular weight is 267 g/mol. The summed E-state index contributed by atoms with van der Waals surface area (Å²) in [6.07, 6.45) is 3.93. The molecule has 2 aromatic rings. The third-order valence-corrected chi connectivity index (χ3v) is 3.13. The number of hydrogen-bond donors (Lipinski definition) is 2. The number of rotatable bonds is 6. The number of unbranched alkanes of at least 4 members (excludes halogenated alkanes) is 1. The smallest absolute Gasteiger partial charge is 0.276 e. The Bertz CT molecular complexity index is 626. The highest BCUT2D eigenvalue weighted by Crippen LogP contribution is 2.07. The van der Waals surface area contributed by atoms with Crippen LogP contribution >= 0.6 is 12.2 Å². The lowest BCUT2D eigenvalue weighted by Gasteiger charge is -2.09. The Balaban J connectivity index is 2.15. The van der Waals surface area contributed by atoms with Crippen LogP contribution in [-0.2, 0) is 11.3 Å². The van der Waals surface area contributed by atoms with Crippen LogP contribution in [-0.4, -0.2) is 27.7 Å². The number of fused-ring (bicyclic) bond motifs is 1. The molecule has 6 heteroatoms. The van der Waals surface area contributed by atoms with Gasteiger partial charge in [-0.15, -0.1) is 0 Å². The summed E-state index contributed by atoms with van der Waals surface area (Å²) < 4.78 is 7.84. The predicted molar refractivity (Wildman–Crippen MR) is 73.5 cm³/mol. The zero-order valence-electron chi connectivity index (χ0n) is 10.4. The van der Waals surface area contributed by atoms with Crippen LogP contribution in [0, 0.1) is 4.77 Å². The summed E-state index contributed by atoms with van der Waals surface area (Å²) in [5.41, 5.74) is 1.20. The van der Waals surface area contributed by atoms with Crippen LogP contribution < -0.4 is 5.56 Å². The zero-order chi connectivity index (χ0) is 13.0. The van der Waals surface area contributed by atoms with E-state index in [1.165, 1.54) is 0 Å². The van der Waals surface area contributed by atoms with Crippen molar-refractivity contribution < 1.29 is 4.74 Å². The van der Waals surface area contributed by atoms with E-state index in [1.54, 1.807) is 6.20 Å². The first-order valence-corrected chi connectivity index (χ1v) is 6.53. The summed E-state index contributed by atoms with van der Waals surface area (Å²) in [7, 11) is 0. The lowest BCUT2D eigenvalue weighted by Crippen LogP contribution is -2.16. The molecule has 0 atom stereocenters. The normalized spacial score (nSPS) is 11.2. The van der Waals surface area contributed by atoms with E-state index in [0.717, 1.165) is 25.0 Å². The molecule has 2 aromatic heterocycles. The first-order chi connectivity index (χ1) is 8.74. The Morgan fingerprint density at radius 1 is 1.44 bits per heavy atom. The minimum Gasteiger partial charge on any atom is -0.380 e. The molecular formula is C12H17N3O2S. The lowest BCUT2D eigenvalue weighted by atomic mass is 10.4. The van der Waals surface area contributed by atoms with E-state index in [2.05, 4.69) is 16.9 Å². The fraction of sp³-hybridized carbons (Fsp3) is 0.500. The van der Waals surface area contributed by atoms with Crippen molar-refractivity contribution in [1.29, 1.82) is 0 Å². The van der Waals surface area contributed by atoms with Crippen molar-refractivity contribution in [3.63, 3.8) is 0 Å². The molecule has 0 bridgehead atoms. The molecule has 0 aromatic carbocycles. The Kier molecular flexibility index (Phi) is 4.33. The molecule has 5 nitrogen and oxygen atoms in total. The molecule has 18 heavy (non-hydrogen) atoms. The summed E-state index contributed by atoms with van der Waals surface area (Å²) in [4.78, 5) is 17.2. The van der Waals surface area contributed by atoms with E-state index in [4.69, 9.17) is 17.0 Å². The molecule has 0 amide bonds. The van der Waals surface area contributed by atoms with E-state index < -0.39 is 0 Å². The van der Waals surface area contributed by atoms with Gasteiger partial charge in [-0.1, -0.05) is 13.3 Å². The highest BCUT2D eigenvalue weighted by Gasteiger charge is 2.05. The van der Waals surface area contributed by atoms with Gasteiger partial charge in [-0.2, -0.15) is 0 Å². The number of nitrogens with one attached hydrogen (secondary N) is 2. The molecule has 98 valence electrons. The second-order valence-corrected chi connectivity index (χ2v) is 4.50. The van der Waals surface area contributed by atoms with Gasteiger partial charge in [0.25, 0.3) is 5.56 Å². The minimum absolute atomic E-state index is 0.178. The van der Waals surface area contributed by atoms with E-state index >= 15 is 0 Å². The highest BCUT2D eigenvalue weighted by atomic mass is 32.1. The molecule has 0 aliphatic carbocycles. The zero-order valence-corrected chi connectivity index (χ0v) is 11.2. The van der Waals surface area contributed by atoms with Gasteiger partial charge >= 0.3 is 0 Å². The molecule has 0 fully saturated rings. The molecule has 0 aliphatic rings. The molecule has 0 unspecified atom stereocenters. The van der Waals surface area contributed by atoms with Crippen LogP contribution in [0.4, 0.5) is 0 Å². The quantitative estimate of drug-likeness (QED) is 0.623. The van der Waals surface area contributed by atoms with E-state index in [0.29, 0.717) is 23.4 Å². The Morgan fingerprint density at radius 2 is 2.28 bits per heavy atom. The molecular weight excluding hydrogens is 250 g/mol. The maximum Gasteiger partial charge on any atom is 0.276 e. The molecule has 0 saturated heterocycles. The maximum absolute atomic E-state index is 11.6. The Morgan fingerprint density at radius 3 is 3.06 bits per heavy atom. The van der Waals surface area contributed by atoms with Gasteiger partial charge < -0.3 is 14.3 Å². The highest BCUT2D eigenvalue weighted by molar-refractivity contribution is 7.71. The molecule has 0 saturated carbocycles. The molecule has 2 rings (SSSR count). The standard InChI is InChI=1S/C12H17N3O2S/c1-2-3-7-17-8-6-15-9-4-5-13-10(9)11(16)14-12(15)18/h4-5,13H,2-3,6-8H2,1H3,(H,14,16,18). The van der Waals surface area contributed by atoms with Crippen LogP contribution in [0.2, 0.25) is 0 Å². The van der Waals surface area contributed by atoms with Gasteiger partial charge in [0.2, 0.25) is 0 Å². The number of aromatic amines is 2. The first-order valence-electron chi connectivity index (χ1n) is 6.12. The number of nitrogens with zero attached hydrogens (tertiary/aromatic N) is 1. The fourth-order valence-electron chi connectivity index (χ4n) is 1.83. The summed E-state index contributed by atoms with van der Waals surface area (Å²) in [6, 6.07) is 1.85. The second kappa shape index (κ2) is 5.97. The predicted octanol–water partition coefficient (Wildman–Crippen LogP) is 2.20. The van der Waals surface area contributed by atoms with Crippen molar-refractivity contribution in [2.24, 2.45) is 0 Å². The van der Waals surface area contributed by atoms with Crippen LogP contribution in [0.5, 0.6) is 0 Å². The summed E-state index contributed by atoms with van der Waals surface area (Å²) >= 11 is 5.17. The average Bonchev–Trinajstić information content (AvgIpc) is 2.82. The molecule has 0 spiro atoms. The van der Waals surface area contributed by atoms with Crippen LogP contribution in [0.15, 0.2) is 17.1 Å². The van der Waals surface area contributed by atoms with E-state index in [9.17, 15) is 4.79 Å². The van der Waals surface area contributed by atoms with Gasteiger partial charge in [-0.25, -0.2) is 0 Å². The third kappa shape index (κ3) is 2.70. The van der Waals surface area contributed by atoms with Crippen molar-refractivity contribution in [2.75, 3.05) is 13.2 Å². The number of ether oxygens (including phenoxy) is 1. The van der Waals surface area contributed by atoms with Gasteiger partial charge in [0.15, 0.2) is 4.77 Å². The van der Waals surface area contributed by atoms with Crippen LogP contribution in [0.25, 0.3) is 11.0 Å². The molecule has 2 N–H and O–H groups in total. The lowest BCUT2D eigenvalue weighted by molar-refractivity contribution is 0.124. The van der Waals surface area contributed by atoms with Crippen LogP contribution in [0.1, 0.15) is 19.8 Å². The first kappa shape index (κ1) is 13.0. The Labute approximate surface area is 110 Å². The number of hydrogen-bond acceptors (Lipinski definition) is 3. The van der Waals surface area contributed by atoms with Gasteiger partial charge in [-0.05, 0) is 24.7 Å². The van der Waals surface area contributed by atoms with Gasteiger partial charge in [-0.3, -0.25) is 9.78 Å². The van der Waals surface area contributed by atoms with E-state index in [1.807, 2.05) is 10.6 Å². The molecule has 0 radical (unpaired) electrons.